The fourth-order valence-electron chi connectivity index (χ4n) is 2.21. The molecule has 0 aromatic heterocycles. The summed E-state index contributed by atoms with van der Waals surface area (Å²) in [5.74, 6) is 0.0242. The first-order valence-corrected chi connectivity index (χ1v) is 5.82. The first-order valence-electron chi connectivity index (χ1n) is 5.82. The standard InChI is InChI=1S/C13H16N2O2/c14-6-5-10-1-3-12-11(9-10)2-4-13(17)15(12)7-8-16/h1,3,8-9H,2,4-7,14H2. The highest BCUT2D eigenvalue weighted by atomic mass is 16.2. The molecule has 0 fully saturated rings. The molecule has 1 aromatic rings. The molecule has 0 radical (unpaired) electrons. The predicted molar refractivity (Wildman–Crippen MR) is 65.9 cm³/mol. The summed E-state index contributed by atoms with van der Waals surface area (Å²) in [6.07, 6.45) is 2.84. The predicted octanol–water partition coefficient (Wildman–Crippen LogP) is 0.666. The molecular formula is C13H16N2O2. The minimum absolute atomic E-state index is 0.0242. The molecule has 90 valence electrons. The van der Waals surface area contributed by atoms with Crippen LogP contribution in [-0.2, 0) is 22.4 Å². The highest BCUT2D eigenvalue weighted by molar-refractivity contribution is 5.98. The first kappa shape index (κ1) is 11.8. The van der Waals surface area contributed by atoms with Crippen molar-refractivity contribution in [2.45, 2.75) is 19.3 Å². The van der Waals surface area contributed by atoms with Crippen molar-refractivity contribution >= 4 is 17.9 Å². The number of aldehydes is 1. The second-order valence-electron chi connectivity index (χ2n) is 4.17. The minimum atomic E-state index is 0.0242. The van der Waals surface area contributed by atoms with Crippen LogP contribution in [0.2, 0.25) is 0 Å². The van der Waals surface area contributed by atoms with Crippen LogP contribution in [0.3, 0.4) is 0 Å². The van der Waals surface area contributed by atoms with E-state index in [9.17, 15) is 9.59 Å². The third kappa shape index (κ3) is 2.36. The van der Waals surface area contributed by atoms with E-state index in [1.807, 2.05) is 12.1 Å². The van der Waals surface area contributed by atoms with Crippen LogP contribution in [0.5, 0.6) is 0 Å². The lowest BCUT2D eigenvalue weighted by Crippen LogP contribution is -2.36. The van der Waals surface area contributed by atoms with Crippen LogP contribution in [-0.4, -0.2) is 25.3 Å². The summed E-state index contributed by atoms with van der Waals surface area (Å²) in [6.45, 7) is 0.762. The molecule has 1 amide bonds. The Hall–Kier alpha value is -1.68. The van der Waals surface area contributed by atoms with Gasteiger partial charge in [-0.25, -0.2) is 0 Å². The summed E-state index contributed by atoms with van der Waals surface area (Å²) in [4.78, 5) is 23.8. The highest BCUT2D eigenvalue weighted by Crippen LogP contribution is 2.28. The monoisotopic (exact) mass is 232 g/mol. The zero-order valence-corrected chi connectivity index (χ0v) is 9.69. The van der Waals surface area contributed by atoms with E-state index in [4.69, 9.17) is 5.73 Å². The lowest BCUT2D eigenvalue weighted by molar-refractivity contribution is -0.120. The molecular weight excluding hydrogens is 216 g/mol. The van der Waals surface area contributed by atoms with E-state index in [-0.39, 0.29) is 12.5 Å². The maximum atomic E-state index is 11.7. The fraction of sp³-hybridized carbons (Fsp3) is 0.385. The topological polar surface area (TPSA) is 63.4 Å². The molecule has 0 unspecified atom stereocenters. The molecule has 4 nitrogen and oxygen atoms in total. The third-order valence-corrected chi connectivity index (χ3v) is 3.03. The van der Waals surface area contributed by atoms with E-state index < -0.39 is 0 Å². The number of rotatable bonds is 4. The van der Waals surface area contributed by atoms with E-state index in [1.165, 1.54) is 5.56 Å². The van der Waals surface area contributed by atoms with E-state index in [0.29, 0.717) is 13.0 Å². The lowest BCUT2D eigenvalue weighted by Gasteiger charge is -2.28. The summed E-state index contributed by atoms with van der Waals surface area (Å²) in [6, 6.07) is 5.98. The minimum Gasteiger partial charge on any atom is -0.330 e. The number of carbonyl (C=O) groups is 2. The molecule has 1 aliphatic heterocycles. The molecule has 4 heteroatoms. The Labute approximate surface area is 100 Å². The third-order valence-electron chi connectivity index (χ3n) is 3.03. The van der Waals surface area contributed by atoms with Crippen LogP contribution >= 0.6 is 0 Å². The second-order valence-corrected chi connectivity index (χ2v) is 4.17. The number of aryl methyl sites for hydroxylation is 1. The van der Waals surface area contributed by atoms with Crippen LogP contribution in [0.15, 0.2) is 18.2 Å². The maximum absolute atomic E-state index is 11.7. The average molecular weight is 232 g/mol. The highest BCUT2D eigenvalue weighted by Gasteiger charge is 2.23. The van der Waals surface area contributed by atoms with Crippen molar-refractivity contribution in [3.8, 4) is 0 Å². The van der Waals surface area contributed by atoms with Crippen molar-refractivity contribution < 1.29 is 9.59 Å². The Morgan fingerprint density at radius 1 is 1.35 bits per heavy atom. The van der Waals surface area contributed by atoms with Crippen LogP contribution in [0, 0.1) is 0 Å². The van der Waals surface area contributed by atoms with Gasteiger partial charge >= 0.3 is 0 Å². The van der Waals surface area contributed by atoms with Gasteiger partial charge in [-0.05, 0) is 36.6 Å². The van der Waals surface area contributed by atoms with Crippen molar-refractivity contribution in [2.75, 3.05) is 18.0 Å². The molecule has 0 atom stereocenters. The second kappa shape index (κ2) is 5.10. The zero-order valence-electron chi connectivity index (χ0n) is 9.69. The van der Waals surface area contributed by atoms with Crippen molar-refractivity contribution in [1.29, 1.82) is 0 Å². The molecule has 2 rings (SSSR count). The summed E-state index contributed by atoms with van der Waals surface area (Å²) >= 11 is 0. The number of fused-ring (bicyclic) bond motifs is 1. The normalized spacial score (nSPS) is 14.6. The molecule has 0 saturated heterocycles. The van der Waals surface area contributed by atoms with Crippen LogP contribution in [0.1, 0.15) is 17.5 Å². The molecule has 1 heterocycles. The van der Waals surface area contributed by atoms with Crippen molar-refractivity contribution in [3.63, 3.8) is 0 Å². The van der Waals surface area contributed by atoms with Gasteiger partial charge < -0.3 is 15.4 Å². The van der Waals surface area contributed by atoms with Crippen molar-refractivity contribution in [3.05, 3.63) is 29.3 Å². The van der Waals surface area contributed by atoms with Gasteiger partial charge in [0.1, 0.15) is 6.29 Å². The van der Waals surface area contributed by atoms with Crippen molar-refractivity contribution in [2.24, 2.45) is 5.73 Å². The van der Waals surface area contributed by atoms with Crippen LogP contribution in [0.4, 0.5) is 5.69 Å². The Morgan fingerprint density at radius 3 is 2.88 bits per heavy atom. The number of anilines is 1. The van der Waals surface area contributed by atoms with Gasteiger partial charge in [0.25, 0.3) is 0 Å². The molecule has 17 heavy (non-hydrogen) atoms. The van der Waals surface area contributed by atoms with E-state index >= 15 is 0 Å². The summed E-state index contributed by atoms with van der Waals surface area (Å²) in [5, 5.41) is 0. The zero-order chi connectivity index (χ0) is 12.3. The summed E-state index contributed by atoms with van der Waals surface area (Å²) in [7, 11) is 0. The smallest absolute Gasteiger partial charge is 0.227 e. The SMILES string of the molecule is NCCc1ccc2c(c1)CCC(=O)N2CC=O. The van der Waals surface area contributed by atoms with E-state index in [0.717, 1.165) is 30.4 Å². The number of benzene rings is 1. The number of carbonyl (C=O) groups excluding carboxylic acids is 2. The van der Waals surface area contributed by atoms with Gasteiger partial charge in [-0.3, -0.25) is 4.79 Å². The average Bonchev–Trinajstić information content (AvgIpc) is 2.33. The largest absolute Gasteiger partial charge is 0.330 e. The summed E-state index contributed by atoms with van der Waals surface area (Å²) in [5.41, 5.74) is 8.72. The molecule has 0 bridgehead atoms. The molecule has 1 aliphatic rings. The number of amides is 1. The molecule has 2 N–H and O–H groups in total. The van der Waals surface area contributed by atoms with Crippen LogP contribution < -0.4 is 10.6 Å². The number of nitrogens with zero attached hydrogens (tertiary/aromatic N) is 1. The Bertz CT molecular complexity index is 443. The van der Waals surface area contributed by atoms with Gasteiger partial charge in [0.05, 0.1) is 6.54 Å². The Morgan fingerprint density at radius 2 is 2.18 bits per heavy atom. The number of hydrogen-bond donors (Lipinski definition) is 1. The Balaban J connectivity index is 2.33. The number of hydrogen-bond acceptors (Lipinski definition) is 3. The fourth-order valence-corrected chi connectivity index (χ4v) is 2.21. The quantitative estimate of drug-likeness (QED) is 0.776. The van der Waals surface area contributed by atoms with Gasteiger partial charge in [0.15, 0.2) is 0 Å². The molecule has 0 aliphatic carbocycles. The van der Waals surface area contributed by atoms with E-state index in [1.54, 1.807) is 4.90 Å². The number of nitrogens with two attached hydrogens (primary N) is 1. The van der Waals surface area contributed by atoms with Crippen molar-refractivity contribution in [1.82, 2.24) is 0 Å². The Kier molecular flexibility index (Phi) is 3.54. The van der Waals surface area contributed by atoms with Gasteiger partial charge in [-0.1, -0.05) is 12.1 Å². The van der Waals surface area contributed by atoms with Gasteiger partial charge in [-0.15, -0.1) is 0 Å². The maximum Gasteiger partial charge on any atom is 0.227 e. The van der Waals surface area contributed by atoms with Gasteiger partial charge in [0.2, 0.25) is 5.91 Å². The van der Waals surface area contributed by atoms with E-state index in [2.05, 4.69) is 6.07 Å². The molecule has 0 saturated carbocycles. The lowest BCUT2D eigenvalue weighted by atomic mass is 9.98. The first-order chi connectivity index (χ1) is 8.26. The van der Waals surface area contributed by atoms with Gasteiger partial charge in [0, 0.05) is 12.1 Å². The summed E-state index contributed by atoms with van der Waals surface area (Å²) < 4.78 is 0. The molecule has 1 aromatic carbocycles. The van der Waals surface area contributed by atoms with Gasteiger partial charge in [-0.2, -0.15) is 0 Å². The van der Waals surface area contributed by atoms with Crippen LogP contribution in [0.25, 0.3) is 0 Å². The molecule has 0 spiro atoms.